The van der Waals surface area contributed by atoms with Crippen LogP contribution < -0.4 is 0 Å². The third-order valence-corrected chi connectivity index (χ3v) is 1.43. The van der Waals surface area contributed by atoms with Crippen LogP contribution in [0.15, 0.2) is 4.52 Å². The van der Waals surface area contributed by atoms with E-state index >= 15 is 0 Å². The van der Waals surface area contributed by atoms with Crippen molar-refractivity contribution in [3.8, 4) is 0 Å². The molecule has 0 atom stereocenters. The summed E-state index contributed by atoms with van der Waals surface area (Å²) in [5.74, 6) is 1.83. The smallest absolute Gasteiger partial charge is 0.227 e. The first-order valence-corrected chi connectivity index (χ1v) is 3.02. The third-order valence-electron chi connectivity index (χ3n) is 1.43. The van der Waals surface area contributed by atoms with Crippen molar-refractivity contribution in [3.63, 3.8) is 0 Å². The summed E-state index contributed by atoms with van der Waals surface area (Å²) < 4.78 is 4.69. The van der Waals surface area contributed by atoms with Crippen molar-refractivity contribution in [2.75, 3.05) is 0 Å². The molecule has 1 fully saturated rings. The van der Waals surface area contributed by atoms with Crippen molar-refractivity contribution in [3.05, 3.63) is 18.6 Å². The fourth-order valence-corrected chi connectivity index (χ4v) is 0.775. The van der Waals surface area contributed by atoms with Crippen molar-refractivity contribution in [2.45, 2.75) is 18.8 Å². The van der Waals surface area contributed by atoms with Gasteiger partial charge in [0.2, 0.25) is 5.89 Å². The molecule has 0 unspecified atom stereocenters. The molecule has 0 amide bonds. The summed E-state index contributed by atoms with van der Waals surface area (Å²) in [7, 11) is 0. The van der Waals surface area contributed by atoms with E-state index < -0.39 is 0 Å². The quantitative estimate of drug-likeness (QED) is 0.561. The Bertz CT molecular complexity index is 215. The molecule has 0 bridgehead atoms. The van der Waals surface area contributed by atoms with Crippen LogP contribution in [0.1, 0.15) is 30.5 Å². The van der Waals surface area contributed by atoms with Crippen molar-refractivity contribution >= 4 is 0 Å². The lowest BCUT2D eigenvalue weighted by molar-refractivity contribution is 0.397. The van der Waals surface area contributed by atoms with E-state index in [1.807, 2.05) is 0 Å². The Hall–Kier alpha value is -0.860. The standard InChI is InChI=1S/C6H7N2O/c1-4-7-6(8-9-4)5-2-3-5/h5H,1-3H2. The molecule has 0 spiro atoms. The van der Waals surface area contributed by atoms with Crippen LogP contribution in [-0.4, -0.2) is 10.1 Å². The molecule has 0 aromatic carbocycles. The van der Waals surface area contributed by atoms with Gasteiger partial charge in [0.25, 0.3) is 0 Å². The van der Waals surface area contributed by atoms with E-state index in [1.54, 1.807) is 0 Å². The number of hydrogen-bond donors (Lipinski definition) is 0. The maximum atomic E-state index is 4.69. The first kappa shape index (κ1) is 4.97. The molecular weight excluding hydrogens is 116 g/mol. The summed E-state index contributed by atoms with van der Waals surface area (Å²) >= 11 is 0. The minimum atomic E-state index is 0.428. The third kappa shape index (κ3) is 0.823. The Morgan fingerprint density at radius 2 is 2.33 bits per heavy atom. The van der Waals surface area contributed by atoms with Crippen LogP contribution >= 0.6 is 0 Å². The van der Waals surface area contributed by atoms with Crippen LogP contribution in [0.4, 0.5) is 0 Å². The van der Waals surface area contributed by atoms with Gasteiger partial charge in [0.15, 0.2) is 5.82 Å². The predicted octanol–water partition coefficient (Wildman–Crippen LogP) is 1.13. The Balaban J connectivity index is 2.28. The van der Waals surface area contributed by atoms with Gasteiger partial charge in [0.05, 0.1) is 0 Å². The molecular formula is C6H7N2O. The normalized spacial score (nSPS) is 18.3. The van der Waals surface area contributed by atoms with E-state index in [1.165, 1.54) is 12.8 Å². The van der Waals surface area contributed by atoms with Gasteiger partial charge in [-0.2, -0.15) is 4.98 Å². The van der Waals surface area contributed by atoms with Gasteiger partial charge in [-0.15, -0.1) is 0 Å². The van der Waals surface area contributed by atoms with E-state index in [0.717, 1.165) is 5.82 Å². The lowest BCUT2D eigenvalue weighted by Crippen LogP contribution is -1.80. The molecule has 1 saturated carbocycles. The molecule has 3 nitrogen and oxygen atoms in total. The minimum absolute atomic E-state index is 0.428. The van der Waals surface area contributed by atoms with Crippen molar-refractivity contribution in [1.29, 1.82) is 0 Å². The molecule has 1 aromatic rings. The zero-order chi connectivity index (χ0) is 6.27. The van der Waals surface area contributed by atoms with Gasteiger partial charge in [0.1, 0.15) is 0 Å². The second-order valence-electron chi connectivity index (χ2n) is 2.32. The van der Waals surface area contributed by atoms with Crippen LogP contribution in [0, 0.1) is 6.92 Å². The van der Waals surface area contributed by atoms with Gasteiger partial charge in [-0.3, -0.25) is 0 Å². The zero-order valence-corrected chi connectivity index (χ0v) is 5.00. The Labute approximate surface area is 53.1 Å². The average Bonchev–Trinajstić information content (AvgIpc) is 2.58. The van der Waals surface area contributed by atoms with Crippen LogP contribution in [0.5, 0.6) is 0 Å². The summed E-state index contributed by atoms with van der Waals surface area (Å²) in [4.78, 5) is 3.98. The molecule has 3 heteroatoms. The summed E-state index contributed by atoms with van der Waals surface area (Å²) in [6.07, 6.45) is 2.41. The second-order valence-corrected chi connectivity index (χ2v) is 2.32. The maximum absolute atomic E-state index is 4.69. The SMILES string of the molecule is [CH2]c1nc(C2CC2)no1. The average molecular weight is 123 g/mol. The first-order valence-electron chi connectivity index (χ1n) is 3.02. The summed E-state index contributed by atoms with van der Waals surface area (Å²) in [5.41, 5.74) is 0. The van der Waals surface area contributed by atoms with Crippen molar-refractivity contribution in [2.24, 2.45) is 0 Å². The van der Waals surface area contributed by atoms with E-state index in [0.29, 0.717) is 11.8 Å². The summed E-state index contributed by atoms with van der Waals surface area (Å²) in [5, 5.41) is 3.73. The lowest BCUT2D eigenvalue weighted by Gasteiger charge is -1.77. The fraction of sp³-hybridized carbons (Fsp3) is 0.500. The van der Waals surface area contributed by atoms with E-state index in [9.17, 15) is 0 Å². The maximum Gasteiger partial charge on any atom is 0.227 e. The highest BCUT2D eigenvalue weighted by atomic mass is 16.5. The summed E-state index contributed by atoms with van der Waals surface area (Å²) in [6, 6.07) is 0. The Morgan fingerprint density at radius 1 is 1.56 bits per heavy atom. The molecule has 1 heterocycles. The molecule has 47 valence electrons. The fourth-order valence-electron chi connectivity index (χ4n) is 0.775. The zero-order valence-electron chi connectivity index (χ0n) is 5.00. The van der Waals surface area contributed by atoms with Gasteiger partial charge in [-0.1, -0.05) is 5.16 Å². The predicted molar refractivity (Wildman–Crippen MR) is 30.7 cm³/mol. The number of nitrogens with zero attached hydrogens (tertiary/aromatic N) is 2. The monoisotopic (exact) mass is 123 g/mol. The van der Waals surface area contributed by atoms with Gasteiger partial charge in [-0.25, -0.2) is 0 Å². The number of aromatic nitrogens is 2. The van der Waals surface area contributed by atoms with E-state index in [-0.39, 0.29) is 0 Å². The van der Waals surface area contributed by atoms with Crippen LogP contribution in [0.25, 0.3) is 0 Å². The van der Waals surface area contributed by atoms with Crippen molar-refractivity contribution < 1.29 is 4.52 Å². The molecule has 0 saturated heterocycles. The molecule has 1 aliphatic carbocycles. The van der Waals surface area contributed by atoms with Gasteiger partial charge in [0, 0.05) is 12.8 Å². The minimum Gasteiger partial charge on any atom is -0.339 e. The van der Waals surface area contributed by atoms with Gasteiger partial charge < -0.3 is 4.52 Å². The largest absolute Gasteiger partial charge is 0.339 e. The van der Waals surface area contributed by atoms with E-state index in [4.69, 9.17) is 4.52 Å². The first-order chi connectivity index (χ1) is 4.36. The molecule has 0 aliphatic heterocycles. The molecule has 0 N–H and O–H groups in total. The Kier molecular flexibility index (Phi) is 0.860. The topological polar surface area (TPSA) is 38.9 Å². The van der Waals surface area contributed by atoms with Crippen LogP contribution in [0.3, 0.4) is 0 Å². The Morgan fingerprint density at radius 3 is 2.78 bits per heavy atom. The molecule has 9 heavy (non-hydrogen) atoms. The van der Waals surface area contributed by atoms with Crippen LogP contribution in [0.2, 0.25) is 0 Å². The van der Waals surface area contributed by atoms with Crippen LogP contribution in [-0.2, 0) is 0 Å². The van der Waals surface area contributed by atoms with Crippen molar-refractivity contribution in [1.82, 2.24) is 10.1 Å². The van der Waals surface area contributed by atoms with Gasteiger partial charge >= 0.3 is 0 Å². The van der Waals surface area contributed by atoms with Gasteiger partial charge in [-0.05, 0) is 12.8 Å². The molecule has 1 radical (unpaired) electrons. The molecule has 1 aliphatic rings. The number of hydrogen-bond acceptors (Lipinski definition) is 3. The highest BCUT2D eigenvalue weighted by Gasteiger charge is 2.28. The summed E-state index contributed by atoms with van der Waals surface area (Å²) in [6.45, 7) is 3.51. The molecule has 1 aromatic heterocycles. The molecule has 2 rings (SSSR count). The van der Waals surface area contributed by atoms with E-state index in [2.05, 4.69) is 17.1 Å². The lowest BCUT2D eigenvalue weighted by atomic mass is 10.4. The highest BCUT2D eigenvalue weighted by Crippen LogP contribution is 2.37. The highest BCUT2D eigenvalue weighted by molar-refractivity contribution is 5.03. The second kappa shape index (κ2) is 1.56. The number of rotatable bonds is 1.